The lowest BCUT2D eigenvalue weighted by Gasteiger charge is -2.59. The first-order valence-electron chi connectivity index (χ1n) is 16.6. The van der Waals surface area contributed by atoms with E-state index in [1.165, 1.54) is 7.11 Å². The molecule has 0 amide bonds. The van der Waals surface area contributed by atoms with Gasteiger partial charge in [0.1, 0.15) is 54.4 Å². The second kappa shape index (κ2) is 12.1. The van der Waals surface area contributed by atoms with Gasteiger partial charge in [-0.1, -0.05) is 38.8 Å². The lowest BCUT2D eigenvalue weighted by atomic mass is 9.43. The summed E-state index contributed by atoms with van der Waals surface area (Å²) in [5.74, 6) is -1.00. The average molecular weight is 655 g/mol. The fourth-order valence-corrected chi connectivity index (χ4v) is 10.7. The van der Waals surface area contributed by atoms with Crippen LogP contribution in [0.2, 0.25) is 0 Å². The predicted molar refractivity (Wildman–Crippen MR) is 157 cm³/mol. The van der Waals surface area contributed by atoms with Crippen LogP contribution in [0.4, 0.5) is 0 Å². The van der Waals surface area contributed by atoms with E-state index in [1.54, 1.807) is 6.92 Å². The van der Waals surface area contributed by atoms with E-state index in [0.717, 1.165) is 24.7 Å². The van der Waals surface area contributed by atoms with Crippen LogP contribution in [-0.4, -0.2) is 125 Å². The zero-order valence-corrected chi connectivity index (χ0v) is 27.1. The number of aliphatic hydroxyl groups excluding tert-OH is 6. The van der Waals surface area contributed by atoms with Crippen LogP contribution in [0.25, 0.3) is 0 Å². The quantitative estimate of drug-likeness (QED) is 0.107. The van der Waals surface area contributed by atoms with Crippen molar-refractivity contribution in [1.82, 2.24) is 0 Å². The van der Waals surface area contributed by atoms with E-state index >= 15 is 4.79 Å². The third kappa shape index (κ3) is 4.43. The van der Waals surface area contributed by atoms with Gasteiger partial charge in [0.05, 0.1) is 24.7 Å². The third-order valence-electron chi connectivity index (χ3n) is 12.7. The molecule has 4 aliphatic carbocycles. The molecule has 13 heteroatoms. The molecule has 3 saturated carbocycles. The summed E-state index contributed by atoms with van der Waals surface area (Å²) in [6.07, 6.45) is -8.04. The summed E-state index contributed by atoms with van der Waals surface area (Å²) in [5.41, 5.74) is -3.02. The Hall–Kier alpha value is -1.52. The summed E-state index contributed by atoms with van der Waals surface area (Å²) >= 11 is 0. The summed E-state index contributed by atoms with van der Waals surface area (Å²) in [6.45, 7) is 6.97. The van der Waals surface area contributed by atoms with E-state index in [2.05, 4.69) is 13.0 Å². The summed E-state index contributed by atoms with van der Waals surface area (Å²) in [7, 11) is 1.42. The van der Waals surface area contributed by atoms with E-state index in [9.17, 15) is 35.4 Å². The van der Waals surface area contributed by atoms with Crippen molar-refractivity contribution in [3.8, 4) is 0 Å². The molecule has 6 N–H and O–H groups in total. The maximum absolute atomic E-state index is 15.1. The first-order chi connectivity index (χ1) is 21.8. The molecule has 2 heterocycles. The van der Waals surface area contributed by atoms with Crippen molar-refractivity contribution < 1.29 is 63.9 Å². The predicted octanol–water partition coefficient (Wildman–Crippen LogP) is -0.332. The molecule has 0 aromatic carbocycles. The molecular formula is C33H50O13. The van der Waals surface area contributed by atoms with Crippen LogP contribution in [0.1, 0.15) is 53.4 Å². The Labute approximate surface area is 268 Å². The molecule has 4 bridgehead atoms. The number of fused-ring (bicyclic) bond motifs is 2. The molecule has 17 atom stereocenters. The minimum atomic E-state index is -1.82. The number of esters is 1. The third-order valence-corrected chi connectivity index (χ3v) is 12.7. The molecule has 0 aromatic heterocycles. The number of hydrogen-bond donors (Lipinski definition) is 6. The molecule has 13 nitrogen and oxygen atoms in total. The zero-order chi connectivity index (χ0) is 33.5. The van der Waals surface area contributed by atoms with Crippen molar-refractivity contribution in [2.45, 2.75) is 115 Å². The summed E-state index contributed by atoms with van der Waals surface area (Å²) in [5, 5.41) is 63.2. The van der Waals surface area contributed by atoms with Gasteiger partial charge in [-0.05, 0) is 55.8 Å². The van der Waals surface area contributed by atoms with Crippen LogP contribution < -0.4 is 0 Å². The largest absolute Gasteiger partial charge is 0.432 e. The normalized spacial score (nSPS) is 52.8. The number of methoxy groups -OCH3 is 1. The molecule has 2 saturated heterocycles. The maximum atomic E-state index is 15.1. The number of aldehydes is 1. The van der Waals surface area contributed by atoms with Crippen molar-refractivity contribution in [2.75, 3.05) is 20.3 Å². The van der Waals surface area contributed by atoms with Gasteiger partial charge < -0.3 is 59.1 Å². The summed E-state index contributed by atoms with van der Waals surface area (Å²) in [6, 6.07) is 0. The van der Waals surface area contributed by atoms with Crippen molar-refractivity contribution in [1.29, 1.82) is 0 Å². The lowest BCUT2D eigenvalue weighted by Crippen LogP contribution is -2.66. The van der Waals surface area contributed by atoms with E-state index < -0.39 is 90.2 Å². The number of aliphatic hydroxyl groups is 6. The molecule has 0 aromatic rings. The van der Waals surface area contributed by atoms with Gasteiger partial charge in [-0.3, -0.25) is 4.79 Å². The molecule has 2 aliphatic heterocycles. The highest BCUT2D eigenvalue weighted by atomic mass is 16.7. The fraction of sp³-hybridized carbons (Fsp3) is 0.879. The number of rotatable bonds is 9. The summed E-state index contributed by atoms with van der Waals surface area (Å²) in [4.78, 5) is 28.8. The molecule has 260 valence electrons. The standard InChI is InChI=1S/C33H50O13/c1-14(2)20-8-17-9-31(12-35)19-7-6-15(3)18(19)10-32(17,13-43-28-26(40)24(38)27(42-5)16(4)44-28)33(20,31)30(41)46-29-25(39)23(37)22(36)21(11-34)45-29/h8,12,14-19,21-29,34,36-40H,6-7,9-11,13H2,1-5H3/t15-,16?,17?,18-,19-,21?,22?,23?,24?,25?,26?,27?,28?,29?,31?,32?,33?/m1/s1. The Bertz CT molecular complexity index is 1210. The van der Waals surface area contributed by atoms with Crippen molar-refractivity contribution >= 4 is 12.3 Å². The average Bonchev–Trinajstić information content (AvgIpc) is 3.60. The molecule has 6 aliphatic rings. The molecule has 46 heavy (non-hydrogen) atoms. The van der Waals surface area contributed by atoms with Crippen LogP contribution in [0.15, 0.2) is 11.6 Å². The number of carbonyl (C=O) groups excluding carboxylic acids is 2. The van der Waals surface area contributed by atoms with Gasteiger partial charge in [0.25, 0.3) is 0 Å². The topological polar surface area (TPSA) is 202 Å². The minimum absolute atomic E-state index is 0.0987. The van der Waals surface area contributed by atoms with Crippen molar-refractivity contribution in [3.05, 3.63) is 11.6 Å². The highest BCUT2D eigenvalue weighted by molar-refractivity contribution is 5.91. The van der Waals surface area contributed by atoms with Crippen molar-refractivity contribution in [3.63, 3.8) is 0 Å². The Balaban J connectivity index is 1.43. The van der Waals surface area contributed by atoms with E-state index in [4.69, 9.17) is 23.7 Å². The van der Waals surface area contributed by atoms with Crippen LogP contribution in [0.3, 0.4) is 0 Å². The highest BCUT2D eigenvalue weighted by Crippen LogP contribution is 2.83. The molecular weight excluding hydrogens is 604 g/mol. The number of hydrogen-bond acceptors (Lipinski definition) is 13. The fourth-order valence-electron chi connectivity index (χ4n) is 10.7. The van der Waals surface area contributed by atoms with Crippen molar-refractivity contribution in [2.24, 2.45) is 45.8 Å². The van der Waals surface area contributed by atoms with E-state index in [0.29, 0.717) is 12.8 Å². The summed E-state index contributed by atoms with van der Waals surface area (Å²) < 4.78 is 29.3. The van der Waals surface area contributed by atoms with Gasteiger partial charge in [-0.15, -0.1) is 0 Å². The van der Waals surface area contributed by atoms with Gasteiger partial charge >= 0.3 is 5.97 Å². The first-order valence-corrected chi connectivity index (χ1v) is 16.6. The number of allylic oxidation sites excluding steroid dienone is 1. The van der Waals surface area contributed by atoms with E-state index in [-0.39, 0.29) is 36.2 Å². The molecule has 5 fully saturated rings. The first kappa shape index (κ1) is 34.3. The number of ether oxygens (including phenoxy) is 5. The highest BCUT2D eigenvalue weighted by Gasteiger charge is 2.85. The molecule has 14 unspecified atom stereocenters. The number of carbonyl (C=O) groups is 2. The van der Waals surface area contributed by atoms with Crippen LogP contribution in [0.5, 0.6) is 0 Å². The second-order valence-corrected chi connectivity index (χ2v) is 15.0. The van der Waals surface area contributed by atoms with Gasteiger partial charge in [-0.25, -0.2) is 0 Å². The van der Waals surface area contributed by atoms with Gasteiger partial charge in [-0.2, -0.15) is 0 Å². The van der Waals surface area contributed by atoms with Crippen LogP contribution >= 0.6 is 0 Å². The Morgan fingerprint density at radius 2 is 1.70 bits per heavy atom. The van der Waals surface area contributed by atoms with Gasteiger partial charge in [0, 0.05) is 12.5 Å². The monoisotopic (exact) mass is 654 g/mol. The zero-order valence-electron chi connectivity index (χ0n) is 27.1. The smallest absolute Gasteiger partial charge is 0.320 e. The second-order valence-electron chi connectivity index (χ2n) is 15.0. The van der Waals surface area contributed by atoms with Gasteiger partial charge in [0.2, 0.25) is 6.29 Å². The molecule has 0 radical (unpaired) electrons. The SMILES string of the molecule is COC1C(C)OC(OCC23C[C@@H]4[C@H](C)CC[C@H]4C4(C=O)CC2C=C(C(C)C)C34C(=O)OC2OC(CO)C(O)C(O)C2O)C(O)C1O. The Morgan fingerprint density at radius 3 is 2.33 bits per heavy atom. The molecule has 0 spiro atoms. The Morgan fingerprint density at radius 1 is 1.00 bits per heavy atom. The van der Waals surface area contributed by atoms with Gasteiger partial charge in [0.15, 0.2) is 6.29 Å². The van der Waals surface area contributed by atoms with E-state index in [1.807, 2.05) is 13.8 Å². The minimum Gasteiger partial charge on any atom is -0.432 e. The van der Waals surface area contributed by atoms with Crippen LogP contribution in [-0.2, 0) is 33.3 Å². The van der Waals surface area contributed by atoms with Crippen LogP contribution in [0, 0.1) is 45.8 Å². The lowest BCUT2D eigenvalue weighted by molar-refractivity contribution is -0.311. The Kier molecular flexibility index (Phi) is 9.05. The maximum Gasteiger partial charge on any atom is 0.320 e. The molecule has 6 rings (SSSR count).